The SMILES string of the molecule is CCONS(=O)(=O)c1cccc(Cl)c1. The molecular weight excluding hydrogens is 226 g/mol. The molecular formula is C8H10ClNO3S. The second kappa shape index (κ2) is 4.75. The minimum absolute atomic E-state index is 0.0819. The van der Waals surface area contributed by atoms with Crippen molar-refractivity contribution < 1.29 is 13.3 Å². The van der Waals surface area contributed by atoms with Crippen LogP contribution in [0.4, 0.5) is 0 Å². The molecule has 0 saturated carbocycles. The molecule has 0 saturated heterocycles. The van der Waals surface area contributed by atoms with Crippen molar-refractivity contribution in [3.05, 3.63) is 29.3 Å². The van der Waals surface area contributed by atoms with Crippen molar-refractivity contribution in [3.8, 4) is 0 Å². The van der Waals surface area contributed by atoms with E-state index in [9.17, 15) is 8.42 Å². The summed E-state index contributed by atoms with van der Waals surface area (Å²) in [6.45, 7) is 1.94. The molecule has 1 rings (SSSR count). The monoisotopic (exact) mass is 235 g/mol. The molecule has 0 bridgehead atoms. The van der Waals surface area contributed by atoms with Gasteiger partial charge in [0.25, 0.3) is 10.0 Å². The first-order chi connectivity index (χ1) is 6.56. The third-order valence-corrected chi connectivity index (χ3v) is 2.87. The first-order valence-electron chi connectivity index (χ1n) is 3.95. The summed E-state index contributed by atoms with van der Waals surface area (Å²) in [6, 6.07) is 5.94. The molecule has 14 heavy (non-hydrogen) atoms. The highest BCUT2D eigenvalue weighted by molar-refractivity contribution is 7.89. The molecule has 0 atom stereocenters. The zero-order valence-electron chi connectivity index (χ0n) is 7.53. The van der Waals surface area contributed by atoms with Crippen molar-refractivity contribution in [3.63, 3.8) is 0 Å². The Balaban J connectivity index is 2.93. The summed E-state index contributed by atoms with van der Waals surface area (Å²) in [5.41, 5.74) is 0. The second-order valence-electron chi connectivity index (χ2n) is 2.48. The van der Waals surface area contributed by atoms with Crippen molar-refractivity contribution in [1.82, 2.24) is 4.89 Å². The van der Waals surface area contributed by atoms with Gasteiger partial charge < -0.3 is 0 Å². The maximum absolute atomic E-state index is 11.4. The topological polar surface area (TPSA) is 55.4 Å². The second-order valence-corrected chi connectivity index (χ2v) is 4.56. The quantitative estimate of drug-likeness (QED) is 0.806. The van der Waals surface area contributed by atoms with Gasteiger partial charge in [-0.3, -0.25) is 4.84 Å². The Morgan fingerprint density at radius 1 is 1.50 bits per heavy atom. The van der Waals surface area contributed by atoms with Crippen LogP contribution >= 0.6 is 11.6 Å². The minimum atomic E-state index is -3.60. The molecule has 0 unspecified atom stereocenters. The van der Waals surface area contributed by atoms with E-state index >= 15 is 0 Å². The average Bonchev–Trinajstić information content (AvgIpc) is 2.15. The van der Waals surface area contributed by atoms with Crippen LogP contribution < -0.4 is 4.89 Å². The van der Waals surface area contributed by atoms with Gasteiger partial charge in [-0.05, 0) is 25.1 Å². The fraction of sp³-hybridized carbons (Fsp3) is 0.250. The molecule has 0 aliphatic heterocycles. The predicted molar refractivity (Wildman–Crippen MR) is 53.4 cm³/mol. The fourth-order valence-corrected chi connectivity index (χ4v) is 1.98. The lowest BCUT2D eigenvalue weighted by atomic mass is 10.4. The van der Waals surface area contributed by atoms with E-state index in [0.29, 0.717) is 5.02 Å². The van der Waals surface area contributed by atoms with Crippen molar-refractivity contribution >= 4 is 21.6 Å². The molecule has 0 aliphatic carbocycles. The first kappa shape index (κ1) is 11.5. The van der Waals surface area contributed by atoms with Crippen LogP contribution in [0.25, 0.3) is 0 Å². The molecule has 78 valence electrons. The van der Waals surface area contributed by atoms with Gasteiger partial charge in [-0.15, -0.1) is 0 Å². The van der Waals surface area contributed by atoms with Crippen LogP contribution in [0.1, 0.15) is 6.92 Å². The Morgan fingerprint density at radius 3 is 2.79 bits per heavy atom. The first-order valence-corrected chi connectivity index (χ1v) is 5.81. The third-order valence-electron chi connectivity index (χ3n) is 1.42. The number of rotatable bonds is 4. The number of hydrogen-bond acceptors (Lipinski definition) is 3. The van der Waals surface area contributed by atoms with Gasteiger partial charge in [-0.1, -0.05) is 22.6 Å². The lowest BCUT2D eigenvalue weighted by molar-refractivity contribution is 0.105. The smallest absolute Gasteiger partial charge is 0.262 e. The lowest BCUT2D eigenvalue weighted by Gasteiger charge is -2.05. The summed E-state index contributed by atoms with van der Waals surface area (Å²) >= 11 is 5.65. The van der Waals surface area contributed by atoms with Crippen LogP contribution in [-0.2, 0) is 14.9 Å². The molecule has 0 heterocycles. The van der Waals surface area contributed by atoms with Crippen LogP contribution in [-0.4, -0.2) is 15.0 Å². The minimum Gasteiger partial charge on any atom is -0.287 e. The van der Waals surface area contributed by atoms with E-state index < -0.39 is 10.0 Å². The van der Waals surface area contributed by atoms with Gasteiger partial charge in [0.1, 0.15) is 0 Å². The normalized spacial score (nSPS) is 11.6. The largest absolute Gasteiger partial charge is 0.287 e. The molecule has 0 aliphatic rings. The Labute approximate surface area is 87.8 Å². The van der Waals surface area contributed by atoms with E-state index in [1.807, 2.05) is 4.89 Å². The zero-order chi connectivity index (χ0) is 10.6. The third kappa shape index (κ3) is 2.95. The van der Waals surface area contributed by atoms with Crippen LogP contribution in [0.15, 0.2) is 29.2 Å². The number of nitrogens with one attached hydrogen (secondary N) is 1. The summed E-state index contributed by atoms with van der Waals surface area (Å²) in [5.74, 6) is 0. The maximum Gasteiger partial charge on any atom is 0.262 e. The van der Waals surface area contributed by atoms with Gasteiger partial charge in [0, 0.05) is 5.02 Å². The summed E-state index contributed by atoms with van der Waals surface area (Å²) in [4.78, 5) is 6.66. The van der Waals surface area contributed by atoms with E-state index in [4.69, 9.17) is 11.6 Å². The van der Waals surface area contributed by atoms with Crippen molar-refractivity contribution in [1.29, 1.82) is 0 Å². The molecule has 0 radical (unpaired) electrons. The molecule has 6 heteroatoms. The standard InChI is InChI=1S/C8H10ClNO3S/c1-2-13-10-14(11,12)8-5-3-4-7(9)6-8/h3-6,10H,2H2,1H3. The molecule has 1 aromatic rings. The number of sulfonamides is 1. The van der Waals surface area contributed by atoms with Crippen LogP contribution in [0.5, 0.6) is 0 Å². The highest BCUT2D eigenvalue weighted by Gasteiger charge is 2.13. The lowest BCUT2D eigenvalue weighted by Crippen LogP contribution is -2.23. The molecule has 1 aromatic carbocycles. The number of halogens is 1. The van der Waals surface area contributed by atoms with Gasteiger partial charge in [0.15, 0.2) is 0 Å². The molecule has 1 N–H and O–H groups in total. The summed E-state index contributed by atoms with van der Waals surface area (Å²) < 4.78 is 22.9. The Kier molecular flexibility index (Phi) is 3.88. The van der Waals surface area contributed by atoms with E-state index in [0.717, 1.165) is 0 Å². The summed E-state index contributed by atoms with van der Waals surface area (Å²) in [5, 5.41) is 0.365. The summed E-state index contributed by atoms with van der Waals surface area (Å²) in [6.07, 6.45) is 0. The van der Waals surface area contributed by atoms with Gasteiger partial charge in [0.2, 0.25) is 0 Å². The molecule has 4 nitrogen and oxygen atoms in total. The van der Waals surface area contributed by atoms with Gasteiger partial charge in [0.05, 0.1) is 11.5 Å². The number of benzene rings is 1. The van der Waals surface area contributed by atoms with E-state index in [1.54, 1.807) is 19.1 Å². The average molecular weight is 236 g/mol. The summed E-state index contributed by atoms with van der Waals surface area (Å²) in [7, 11) is -3.60. The molecule has 0 spiro atoms. The van der Waals surface area contributed by atoms with Crippen molar-refractivity contribution in [2.24, 2.45) is 0 Å². The highest BCUT2D eigenvalue weighted by atomic mass is 35.5. The molecule has 0 aromatic heterocycles. The Morgan fingerprint density at radius 2 is 2.21 bits per heavy atom. The molecule has 0 amide bonds. The van der Waals surface area contributed by atoms with Gasteiger partial charge in [-0.2, -0.15) is 0 Å². The number of hydrogen-bond donors (Lipinski definition) is 1. The van der Waals surface area contributed by atoms with Crippen LogP contribution in [0, 0.1) is 0 Å². The van der Waals surface area contributed by atoms with Gasteiger partial charge >= 0.3 is 0 Å². The predicted octanol–water partition coefficient (Wildman–Crippen LogP) is 1.57. The van der Waals surface area contributed by atoms with Crippen molar-refractivity contribution in [2.45, 2.75) is 11.8 Å². The Bertz CT molecular complexity index is 405. The van der Waals surface area contributed by atoms with Crippen LogP contribution in [0.2, 0.25) is 5.02 Å². The van der Waals surface area contributed by atoms with Gasteiger partial charge in [-0.25, -0.2) is 8.42 Å². The zero-order valence-corrected chi connectivity index (χ0v) is 9.10. The van der Waals surface area contributed by atoms with E-state index in [-0.39, 0.29) is 11.5 Å². The van der Waals surface area contributed by atoms with E-state index in [2.05, 4.69) is 4.84 Å². The molecule has 0 fully saturated rings. The van der Waals surface area contributed by atoms with Crippen molar-refractivity contribution in [2.75, 3.05) is 6.61 Å². The highest BCUT2D eigenvalue weighted by Crippen LogP contribution is 2.14. The van der Waals surface area contributed by atoms with Crippen LogP contribution in [0.3, 0.4) is 0 Å². The maximum atomic E-state index is 11.4. The van der Waals surface area contributed by atoms with E-state index in [1.165, 1.54) is 12.1 Å². The fourth-order valence-electron chi connectivity index (χ4n) is 0.819. The Hall–Kier alpha value is -0.620.